The SMILES string of the molecule is CC1(c2ccccc2)CCCN(C(=O)c2ccns2)C1. The summed E-state index contributed by atoms with van der Waals surface area (Å²) in [6, 6.07) is 12.3. The summed E-state index contributed by atoms with van der Waals surface area (Å²) in [6.07, 6.45) is 3.87. The molecule has 1 amide bonds. The molecular formula is C16H18N2OS. The molecule has 1 fully saturated rings. The predicted molar refractivity (Wildman–Crippen MR) is 81.0 cm³/mol. The molecule has 1 aromatic heterocycles. The van der Waals surface area contributed by atoms with Gasteiger partial charge in [-0.2, -0.15) is 0 Å². The Hall–Kier alpha value is -1.68. The lowest BCUT2D eigenvalue weighted by molar-refractivity contribution is 0.0656. The van der Waals surface area contributed by atoms with Gasteiger partial charge in [0.05, 0.1) is 0 Å². The van der Waals surface area contributed by atoms with E-state index in [2.05, 4.69) is 35.6 Å². The van der Waals surface area contributed by atoms with E-state index < -0.39 is 0 Å². The molecule has 0 spiro atoms. The van der Waals surface area contributed by atoms with Crippen LogP contribution in [0, 0.1) is 0 Å². The molecule has 1 aromatic carbocycles. The summed E-state index contributed by atoms with van der Waals surface area (Å²) in [5.41, 5.74) is 1.38. The van der Waals surface area contributed by atoms with Gasteiger partial charge >= 0.3 is 0 Å². The Morgan fingerprint density at radius 2 is 2.10 bits per heavy atom. The Morgan fingerprint density at radius 3 is 2.80 bits per heavy atom. The molecule has 0 bridgehead atoms. The molecule has 1 saturated heterocycles. The zero-order chi connectivity index (χ0) is 14.0. The van der Waals surface area contributed by atoms with Crippen LogP contribution < -0.4 is 0 Å². The first kappa shape index (κ1) is 13.3. The molecule has 3 rings (SSSR count). The predicted octanol–water partition coefficient (Wildman–Crippen LogP) is 3.34. The lowest BCUT2D eigenvalue weighted by atomic mass is 9.76. The number of likely N-dealkylation sites (tertiary alicyclic amines) is 1. The molecule has 0 saturated carbocycles. The molecule has 2 aromatic rings. The number of carbonyl (C=O) groups excluding carboxylic acids is 1. The second-order valence-electron chi connectivity index (χ2n) is 5.63. The second-order valence-corrected chi connectivity index (χ2v) is 6.47. The highest BCUT2D eigenvalue weighted by Gasteiger charge is 2.34. The van der Waals surface area contributed by atoms with E-state index in [1.54, 1.807) is 6.20 Å². The number of benzene rings is 1. The summed E-state index contributed by atoms with van der Waals surface area (Å²) in [5.74, 6) is 0.120. The van der Waals surface area contributed by atoms with Crippen molar-refractivity contribution in [2.45, 2.75) is 25.2 Å². The summed E-state index contributed by atoms with van der Waals surface area (Å²) in [7, 11) is 0. The number of hydrogen-bond acceptors (Lipinski definition) is 3. The number of nitrogens with zero attached hydrogens (tertiary/aromatic N) is 2. The van der Waals surface area contributed by atoms with Crippen LogP contribution in [0.2, 0.25) is 0 Å². The van der Waals surface area contributed by atoms with Crippen LogP contribution in [0.4, 0.5) is 0 Å². The van der Waals surface area contributed by atoms with Gasteiger partial charge in [-0.05, 0) is 36.0 Å². The molecule has 104 valence electrons. The average molecular weight is 286 g/mol. The van der Waals surface area contributed by atoms with Gasteiger partial charge in [-0.3, -0.25) is 4.79 Å². The minimum Gasteiger partial charge on any atom is -0.337 e. The van der Waals surface area contributed by atoms with Gasteiger partial charge in [0.2, 0.25) is 0 Å². The highest BCUT2D eigenvalue weighted by atomic mass is 32.1. The van der Waals surface area contributed by atoms with E-state index in [-0.39, 0.29) is 11.3 Å². The second kappa shape index (κ2) is 5.37. The maximum absolute atomic E-state index is 12.5. The van der Waals surface area contributed by atoms with Crippen LogP contribution in [-0.2, 0) is 5.41 Å². The fraction of sp³-hybridized carbons (Fsp3) is 0.375. The Morgan fingerprint density at radius 1 is 1.30 bits per heavy atom. The van der Waals surface area contributed by atoms with Gasteiger partial charge in [-0.25, -0.2) is 4.37 Å². The van der Waals surface area contributed by atoms with E-state index in [9.17, 15) is 4.79 Å². The van der Waals surface area contributed by atoms with Gasteiger partial charge in [0.1, 0.15) is 4.88 Å². The van der Waals surface area contributed by atoms with Gasteiger partial charge in [0.25, 0.3) is 5.91 Å². The number of hydrogen-bond donors (Lipinski definition) is 0. The van der Waals surface area contributed by atoms with Crippen LogP contribution in [0.1, 0.15) is 35.0 Å². The molecule has 0 aliphatic carbocycles. The van der Waals surface area contributed by atoms with Crippen molar-refractivity contribution in [2.24, 2.45) is 0 Å². The van der Waals surface area contributed by atoms with E-state index in [1.165, 1.54) is 17.1 Å². The summed E-state index contributed by atoms with van der Waals surface area (Å²) in [4.78, 5) is 15.2. The molecule has 2 heterocycles. The van der Waals surface area contributed by atoms with Gasteiger partial charge in [-0.15, -0.1) is 0 Å². The van der Waals surface area contributed by atoms with Gasteiger partial charge in [-0.1, -0.05) is 37.3 Å². The molecule has 1 aliphatic rings. The first-order valence-electron chi connectivity index (χ1n) is 6.94. The van der Waals surface area contributed by atoms with E-state index in [1.807, 2.05) is 17.0 Å². The first-order valence-corrected chi connectivity index (χ1v) is 7.72. The van der Waals surface area contributed by atoms with Crippen molar-refractivity contribution in [3.05, 3.63) is 53.0 Å². The van der Waals surface area contributed by atoms with Gasteiger partial charge in [0.15, 0.2) is 0 Å². The number of rotatable bonds is 2. The lowest BCUT2D eigenvalue weighted by Gasteiger charge is -2.40. The number of amides is 1. The highest BCUT2D eigenvalue weighted by molar-refractivity contribution is 7.08. The van der Waals surface area contributed by atoms with Crippen LogP contribution in [0.25, 0.3) is 0 Å². The van der Waals surface area contributed by atoms with E-state index in [0.717, 1.165) is 30.8 Å². The number of carbonyl (C=O) groups is 1. The van der Waals surface area contributed by atoms with Crippen molar-refractivity contribution < 1.29 is 4.79 Å². The Labute approximate surface area is 123 Å². The first-order chi connectivity index (χ1) is 9.69. The Bertz CT molecular complexity index is 582. The quantitative estimate of drug-likeness (QED) is 0.848. The van der Waals surface area contributed by atoms with E-state index in [0.29, 0.717) is 0 Å². The fourth-order valence-corrected chi connectivity index (χ4v) is 3.54. The fourth-order valence-electron chi connectivity index (χ4n) is 2.97. The normalized spacial score (nSPS) is 22.8. The molecule has 20 heavy (non-hydrogen) atoms. The summed E-state index contributed by atoms with van der Waals surface area (Å²) >= 11 is 1.28. The van der Waals surface area contributed by atoms with Crippen LogP contribution in [0.3, 0.4) is 0 Å². The monoisotopic (exact) mass is 286 g/mol. The molecule has 1 atom stereocenters. The van der Waals surface area contributed by atoms with Crippen molar-refractivity contribution in [3.63, 3.8) is 0 Å². The zero-order valence-corrected chi connectivity index (χ0v) is 12.4. The standard InChI is InChI=1S/C16H18N2OS/c1-16(13-6-3-2-4-7-13)9-5-11-18(12-16)15(19)14-8-10-17-20-14/h2-4,6-8,10H,5,9,11-12H2,1H3. The molecular weight excluding hydrogens is 268 g/mol. The summed E-state index contributed by atoms with van der Waals surface area (Å²) in [6.45, 7) is 3.89. The molecule has 4 heteroatoms. The summed E-state index contributed by atoms with van der Waals surface area (Å²) in [5, 5.41) is 0. The van der Waals surface area contributed by atoms with Crippen molar-refractivity contribution >= 4 is 17.4 Å². The van der Waals surface area contributed by atoms with E-state index >= 15 is 0 Å². The molecule has 0 radical (unpaired) electrons. The third-order valence-electron chi connectivity index (χ3n) is 4.10. The lowest BCUT2D eigenvalue weighted by Crippen LogP contribution is -2.46. The maximum atomic E-state index is 12.5. The molecule has 1 aliphatic heterocycles. The third-order valence-corrected chi connectivity index (χ3v) is 4.84. The van der Waals surface area contributed by atoms with Crippen LogP contribution in [0.5, 0.6) is 0 Å². The highest BCUT2D eigenvalue weighted by Crippen LogP contribution is 2.34. The summed E-state index contributed by atoms with van der Waals surface area (Å²) < 4.78 is 4.03. The minimum absolute atomic E-state index is 0.0554. The Balaban J connectivity index is 1.82. The van der Waals surface area contributed by atoms with Crippen LogP contribution in [-0.4, -0.2) is 28.3 Å². The van der Waals surface area contributed by atoms with Crippen LogP contribution >= 0.6 is 11.5 Å². The van der Waals surface area contributed by atoms with Crippen LogP contribution in [0.15, 0.2) is 42.6 Å². The molecule has 3 nitrogen and oxygen atoms in total. The molecule has 1 unspecified atom stereocenters. The zero-order valence-electron chi connectivity index (χ0n) is 11.6. The van der Waals surface area contributed by atoms with Crippen molar-refractivity contribution in [1.29, 1.82) is 0 Å². The average Bonchev–Trinajstić information content (AvgIpc) is 3.02. The van der Waals surface area contributed by atoms with Gasteiger partial charge < -0.3 is 4.90 Å². The third kappa shape index (κ3) is 2.48. The maximum Gasteiger partial charge on any atom is 0.265 e. The van der Waals surface area contributed by atoms with Gasteiger partial charge in [0, 0.05) is 24.7 Å². The van der Waals surface area contributed by atoms with Crippen molar-refractivity contribution in [1.82, 2.24) is 9.27 Å². The van der Waals surface area contributed by atoms with Crippen molar-refractivity contribution in [2.75, 3.05) is 13.1 Å². The minimum atomic E-state index is 0.0554. The number of piperidine rings is 1. The topological polar surface area (TPSA) is 33.2 Å². The van der Waals surface area contributed by atoms with Crippen molar-refractivity contribution in [3.8, 4) is 0 Å². The Kier molecular flexibility index (Phi) is 3.57. The van der Waals surface area contributed by atoms with E-state index in [4.69, 9.17) is 0 Å². The molecule has 0 N–H and O–H groups in total. The largest absolute Gasteiger partial charge is 0.337 e. The smallest absolute Gasteiger partial charge is 0.265 e. The number of aromatic nitrogens is 1.